The minimum absolute atomic E-state index is 0.0177. The number of benzene rings is 1. The number of rotatable bonds is 6. The molecule has 0 saturated heterocycles. The van der Waals surface area contributed by atoms with Crippen LogP contribution in [0.1, 0.15) is 21.7 Å². The van der Waals surface area contributed by atoms with Gasteiger partial charge in [-0.15, -0.1) is 0 Å². The quantitative estimate of drug-likeness (QED) is 0.775. The summed E-state index contributed by atoms with van der Waals surface area (Å²) >= 11 is 0. The third-order valence-electron chi connectivity index (χ3n) is 3.35. The first-order chi connectivity index (χ1) is 11.7. The number of carbonyl (C=O) groups is 1. The molecule has 0 fully saturated rings. The zero-order chi connectivity index (χ0) is 18.6. The van der Waals surface area contributed by atoms with Gasteiger partial charge in [-0.25, -0.2) is 4.39 Å². The van der Waals surface area contributed by atoms with E-state index in [1.54, 1.807) is 5.10 Å². The summed E-state index contributed by atoms with van der Waals surface area (Å²) in [6, 6.07) is 4.00. The Morgan fingerprint density at radius 1 is 1.36 bits per heavy atom. The molecule has 0 aliphatic carbocycles. The predicted octanol–water partition coefficient (Wildman–Crippen LogP) is 2.56. The van der Waals surface area contributed by atoms with Crippen molar-refractivity contribution < 1.29 is 32.2 Å². The highest BCUT2D eigenvalue weighted by atomic mass is 19.4. The second-order valence-electron chi connectivity index (χ2n) is 5.16. The Balaban J connectivity index is 2.23. The summed E-state index contributed by atoms with van der Waals surface area (Å²) in [6.45, 7) is -0.103. The number of halogens is 4. The third kappa shape index (κ3) is 4.69. The maximum Gasteiger partial charge on any atom is 0.432 e. The number of phenols is 1. The fourth-order valence-electron chi connectivity index (χ4n) is 2.06. The van der Waals surface area contributed by atoms with Crippen LogP contribution in [0.25, 0.3) is 0 Å². The summed E-state index contributed by atoms with van der Waals surface area (Å²) in [5.41, 5.74) is -1.50. The van der Waals surface area contributed by atoms with Crippen LogP contribution in [0.3, 0.4) is 0 Å². The van der Waals surface area contributed by atoms with Gasteiger partial charge in [-0.1, -0.05) is 6.07 Å². The number of aromatic nitrogens is 2. The Kier molecular flexibility index (Phi) is 5.62. The Morgan fingerprint density at radius 3 is 2.64 bits per heavy atom. The average Bonchev–Trinajstić information content (AvgIpc) is 3.03. The first-order valence-electron chi connectivity index (χ1n) is 7.10. The van der Waals surface area contributed by atoms with Gasteiger partial charge in [0.1, 0.15) is 17.3 Å². The monoisotopic (exact) mass is 361 g/mol. The number of methoxy groups -OCH3 is 1. The molecule has 1 aromatic carbocycles. The topological polar surface area (TPSA) is 78.5 Å². The number of ether oxygens (including phenoxy) is 1. The van der Waals surface area contributed by atoms with Crippen molar-refractivity contribution in [3.8, 4) is 5.75 Å². The highest BCUT2D eigenvalue weighted by Gasteiger charge is 2.34. The maximum atomic E-state index is 13.9. The van der Waals surface area contributed by atoms with Crippen molar-refractivity contribution >= 4 is 5.91 Å². The Labute approximate surface area is 140 Å². The van der Waals surface area contributed by atoms with E-state index in [1.807, 2.05) is 0 Å². The van der Waals surface area contributed by atoms with Gasteiger partial charge in [-0.05, 0) is 6.07 Å². The van der Waals surface area contributed by atoms with E-state index in [-0.39, 0.29) is 31.0 Å². The van der Waals surface area contributed by atoms with E-state index in [0.29, 0.717) is 6.07 Å². The second-order valence-corrected chi connectivity index (χ2v) is 5.16. The third-order valence-corrected chi connectivity index (χ3v) is 3.35. The van der Waals surface area contributed by atoms with Gasteiger partial charge < -0.3 is 14.7 Å². The minimum atomic E-state index is -4.66. The Morgan fingerprint density at radius 2 is 2.08 bits per heavy atom. The molecule has 0 spiro atoms. The molecule has 6 nitrogen and oxygen atoms in total. The molecular weight excluding hydrogens is 346 g/mol. The number of amides is 1. The lowest BCUT2D eigenvalue weighted by molar-refractivity contribution is -0.141. The molecule has 136 valence electrons. The number of phenolic OH excluding ortho intramolecular Hbond substituents is 1. The molecule has 1 heterocycles. The molecule has 0 atom stereocenters. The van der Waals surface area contributed by atoms with Crippen molar-refractivity contribution in [2.45, 2.75) is 12.7 Å². The highest BCUT2D eigenvalue weighted by Crippen LogP contribution is 2.28. The summed E-state index contributed by atoms with van der Waals surface area (Å²) in [7, 11) is 1.39. The van der Waals surface area contributed by atoms with Crippen LogP contribution in [-0.2, 0) is 17.5 Å². The van der Waals surface area contributed by atoms with Crippen LogP contribution in [0.15, 0.2) is 24.3 Å². The number of carbonyl (C=O) groups excluding carboxylic acids is 1. The van der Waals surface area contributed by atoms with E-state index in [1.165, 1.54) is 19.2 Å². The van der Waals surface area contributed by atoms with Gasteiger partial charge in [0.15, 0.2) is 5.69 Å². The van der Waals surface area contributed by atoms with Crippen molar-refractivity contribution in [1.29, 1.82) is 0 Å². The van der Waals surface area contributed by atoms with Crippen molar-refractivity contribution in [3.63, 3.8) is 0 Å². The largest absolute Gasteiger partial charge is 0.508 e. The Hall–Kier alpha value is -2.62. The van der Waals surface area contributed by atoms with Crippen molar-refractivity contribution in [2.75, 3.05) is 20.3 Å². The molecule has 1 aromatic heterocycles. The Bertz CT molecular complexity index is 746. The standard InChI is InChI=1S/C15H15F4N3O3/c1-25-5-4-22(8-9-2-3-10(23)6-11(9)16)14(24)12-7-13(21-20-12)15(17,18)19/h2-3,6-7,23H,4-5,8H2,1H3,(H,20,21). The van der Waals surface area contributed by atoms with Gasteiger partial charge >= 0.3 is 6.18 Å². The number of aromatic hydroxyl groups is 1. The van der Waals surface area contributed by atoms with Crippen molar-refractivity contribution in [1.82, 2.24) is 15.1 Å². The van der Waals surface area contributed by atoms with Crippen LogP contribution < -0.4 is 0 Å². The van der Waals surface area contributed by atoms with Crippen LogP contribution >= 0.6 is 0 Å². The lowest BCUT2D eigenvalue weighted by Gasteiger charge is -2.22. The lowest BCUT2D eigenvalue weighted by atomic mass is 10.1. The number of alkyl halides is 3. The van der Waals surface area contributed by atoms with E-state index in [9.17, 15) is 27.5 Å². The van der Waals surface area contributed by atoms with Crippen molar-refractivity contribution in [3.05, 3.63) is 47.0 Å². The van der Waals surface area contributed by atoms with Gasteiger partial charge in [-0.2, -0.15) is 18.3 Å². The number of aromatic amines is 1. The second kappa shape index (κ2) is 7.51. The minimum Gasteiger partial charge on any atom is -0.508 e. The van der Waals surface area contributed by atoms with E-state index < -0.39 is 29.3 Å². The molecule has 2 rings (SSSR count). The maximum absolute atomic E-state index is 13.9. The SMILES string of the molecule is COCCN(Cc1ccc(O)cc1F)C(=O)c1cc(C(F)(F)F)[nH]n1. The fourth-order valence-corrected chi connectivity index (χ4v) is 2.06. The molecule has 0 bridgehead atoms. The normalized spacial score (nSPS) is 11.6. The molecular formula is C15H15F4N3O3. The zero-order valence-corrected chi connectivity index (χ0v) is 13.1. The molecule has 0 aliphatic rings. The van der Waals surface area contributed by atoms with Crippen LogP contribution in [0, 0.1) is 5.82 Å². The van der Waals surface area contributed by atoms with Crippen LogP contribution in [0.5, 0.6) is 5.75 Å². The molecule has 0 aliphatic heterocycles. The molecule has 0 saturated carbocycles. The van der Waals surface area contributed by atoms with Gasteiger partial charge in [-0.3, -0.25) is 9.89 Å². The van der Waals surface area contributed by atoms with Crippen molar-refractivity contribution in [2.24, 2.45) is 0 Å². The highest BCUT2D eigenvalue weighted by molar-refractivity contribution is 5.92. The summed E-state index contributed by atoms with van der Waals surface area (Å²) in [4.78, 5) is 13.5. The summed E-state index contributed by atoms with van der Waals surface area (Å²) in [5, 5.41) is 14.4. The number of nitrogens with one attached hydrogen (secondary N) is 1. The zero-order valence-electron chi connectivity index (χ0n) is 13.1. The molecule has 10 heteroatoms. The average molecular weight is 361 g/mol. The molecule has 25 heavy (non-hydrogen) atoms. The van der Waals surface area contributed by atoms with Gasteiger partial charge in [0.2, 0.25) is 0 Å². The van der Waals surface area contributed by atoms with Crippen LogP contribution in [0.2, 0.25) is 0 Å². The van der Waals surface area contributed by atoms with E-state index >= 15 is 0 Å². The lowest BCUT2D eigenvalue weighted by Crippen LogP contribution is -2.34. The molecule has 2 N–H and O–H groups in total. The van der Waals surface area contributed by atoms with E-state index in [4.69, 9.17) is 4.74 Å². The summed E-state index contributed by atoms with van der Waals surface area (Å²) < 4.78 is 56.6. The fraction of sp³-hybridized carbons (Fsp3) is 0.333. The molecule has 0 unspecified atom stereocenters. The number of hydrogen-bond acceptors (Lipinski definition) is 4. The van der Waals surface area contributed by atoms with Crippen LogP contribution in [-0.4, -0.2) is 46.4 Å². The smallest absolute Gasteiger partial charge is 0.432 e. The first-order valence-corrected chi connectivity index (χ1v) is 7.10. The summed E-state index contributed by atoms with van der Waals surface area (Å²) in [5.74, 6) is -1.83. The number of nitrogens with zero attached hydrogens (tertiary/aromatic N) is 2. The van der Waals surface area contributed by atoms with E-state index in [0.717, 1.165) is 11.0 Å². The van der Waals surface area contributed by atoms with E-state index in [2.05, 4.69) is 5.10 Å². The molecule has 1 amide bonds. The molecule has 2 aromatic rings. The van der Waals surface area contributed by atoms with Gasteiger partial charge in [0.05, 0.1) is 6.61 Å². The first kappa shape index (κ1) is 18.7. The van der Waals surface area contributed by atoms with Gasteiger partial charge in [0.25, 0.3) is 5.91 Å². The summed E-state index contributed by atoms with van der Waals surface area (Å²) in [6.07, 6.45) is -4.66. The predicted molar refractivity (Wildman–Crippen MR) is 78.3 cm³/mol. The number of H-pyrrole nitrogens is 1. The van der Waals surface area contributed by atoms with Crippen LogP contribution in [0.4, 0.5) is 17.6 Å². The van der Waals surface area contributed by atoms with Gasteiger partial charge in [0, 0.05) is 37.9 Å². The molecule has 0 radical (unpaired) electrons. The number of hydrogen-bond donors (Lipinski definition) is 2.